The highest BCUT2D eigenvalue weighted by atomic mass is 16.5. The number of hydrogen-bond acceptors (Lipinski definition) is 4. The van der Waals surface area contributed by atoms with Crippen LogP contribution >= 0.6 is 0 Å². The molecule has 1 aliphatic heterocycles. The summed E-state index contributed by atoms with van der Waals surface area (Å²) in [5, 5.41) is 3.66. The van der Waals surface area contributed by atoms with E-state index in [0.29, 0.717) is 11.3 Å². The molecule has 21 heavy (non-hydrogen) atoms. The Bertz CT molecular complexity index is 263. The average molecular weight is 300 g/mol. The molecule has 0 aromatic carbocycles. The lowest BCUT2D eigenvalue weighted by molar-refractivity contribution is 0.108. The Kier molecular flexibility index (Phi) is 8.79. The Morgan fingerprint density at radius 3 is 2.52 bits per heavy atom. The van der Waals surface area contributed by atoms with Crippen LogP contribution in [0.4, 0.5) is 0 Å². The van der Waals surface area contributed by atoms with E-state index in [1.807, 2.05) is 0 Å². The van der Waals surface area contributed by atoms with Crippen molar-refractivity contribution in [3.8, 4) is 0 Å². The molecule has 0 spiro atoms. The van der Waals surface area contributed by atoms with Gasteiger partial charge in [-0.1, -0.05) is 20.8 Å². The van der Waals surface area contributed by atoms with E-state index >= 15 is 0 Å². The quantitative estimate of drug-likeness (QED) is 0.631. The predicted octanol–water partition coefficient (Wildman–Crippen LogP) is 1.91. The third-order valence-corrected chi connectivity index (χ3v) is 4.32. The first kappa shape index (κ1) is 18.9. The highest BCUT2D eigenvalue weighted by Crippen LogP contribution is 2.29. The molecular formula is C17H37N3O. The zero-order chi connectivity index (χ0) is 15.7. The summed E-state index contributed by atoms with van der Waals surface area (Å²) < 4.78 is 5.73. The van der Waals surface area contributed by atoms with Crippen molar-refractivity contribution in [3.05, 3.63) is 0 Å². The maximum atomic E-state index is 5.73. The lowest BCUT2D eigenvalue weighted by atomic mass is 9.86. The number of nitrogens with one attached hydrogen (secondary N) is 1. The second-order valence-electron chi connectivity index (χ2n) is 7.35. The minimum atomic E-state index is 0.322. The van der Waals surface area contributed by atoms with Crippen molar-refractivity contribution < 1.29 is 4.74 Å². The summed E-state index contributed by atoms with van der Waals surface area (Å²) in [5.74, 6) is 0.715. The van der Waals surface area contributed by atoms with E-state index in [1.165, 1.54) is 32.5 Å². The van der Waals surface area contributed by atoms with Gasteiger partial charge in [0.15, 0.2) is 0 Å². The standard InChI is InChI=1S/C17H37N3O/c1-6-20(10-7-9-19(4)5)14-17(8-11-21-15-17)13-18-12-16(2)3/h16,18H,6-15H2,1-5H3. The highest BCUT2D eigenvalue weighted by molar-refractivity contribution is 4.88. The summed E-state index contributed by atoms with van der Waals surface area (Å²) >= 11 is 0. The Morgan fingerprint density at radius 1 is 1.24 bits per heavy atom. The van der Waals surface area contributed by atoms with Crippen molar-refractivity contribution in [1.82, 2.24) is 15.1 Å². The highest BCUT2D eigenvalue weighted by Gasteiger charge is 2.36. The molecule has 0 saturated carbocycles. The molecule has 1 heterocycles. The van der Waals surface area contributed by atoms with Crippen LogP contribution in [0.1, 0.15) is 33.6 Å². The topological polar surface area (TPSA) is 27.7 Å². The maximum Gasteiger partial charge on any atom is 0.0547 e. The van der Waals surface area contributed by atoms with E-state index in [1.54, 1.807) is 0 Å². The van der Waals surface area contributed by atoms with Gasteiger partial charge in [-0.3, -0.25) is 0 Å². The molecule has 0 amide bonds. The third kappa shape index (κ3) is 7.59. The van der Waals surface area contributed by atoms with Gasteiger partial charge < -0.3 is 19.9 Å². The lowest BCUT2D eigenvalue weighted by Crippen LogP contribution is -2.45. The summed E-state index contributed by atoms with van der Waals surface area (Å²) in [6.45, 7) is 15.5. The minimum Gasteiger partial charge on any atom is -0.381 e. The van der Waals surface area contributed by atoms with Crippen LogP contribution in [-0.2, 0) is 4.74 Å². The fourth-order valence-corrected chi connectivity index (χ4v) is 3.03. The van der Waals surface area contributed by atoms with Gasteiger partial charge in [-0.15, -0.1) is 0 Å². The van der Waals surface area contributed by atoms with Gasteiger partial charge in [0.1, 0.15) is 0 Å². The van der Waals surface area contributed by atoms with E-state index < -0.39 is 0 Å². The smallest absolute Gasteiger partial charge is 0.0547 e. The SMILES string of the molecule is CCN(CCCN(C)C)CC1(CNCC(C)C)CCOC1. The Labute approximate surface area is 132 Å². The summed E-state index contributed by atoms with van der Waals surface area (Å²) in [7, 11) is 4.30. The van der Waals surface area contributed by atoms with Crippen LogP contribution in [0.15, 0.2) is 0 Å². The number of hydrogen-bond donors (Lipinski definition) is 1. The van der Waals surface area contributed by atoms with E-state index in [9.17, 15) is 0 Å². The molecular weight excluding hydrogens is 262 g/mol. The van der Waals surface area contributed by atoms with Crippen LogP contribution in [0.2, 0.25) is 0 Å². The van der Waals surface area contributed by atoms with Crippen molar-refractivity contribution in [3.63, 3.8) is 0 Å². The molecule has 1 rings (SSSR count). The molecule has 4 heteroatoms. The van der Waals surface area contributed by atoms with E-state index in [4.69, 9.17) is 4.74 Å². The molecule has 126 valence electrons. The van der Waals surface area contributed by atoms with Crippen LogP contribution in [0.3, 0.4) is 0 Å². The van der Waals surface area contributed by atoms with Gasteiger partial charge in [0.25, 0.3) is 0 Å². The summed E-state index contributed by atoms with van der Waals surface area (Å²) in [6.07, 6.45) is 2.44. The molecule has 0 bridgehead atoms. The second kappa shape index (κ2) is 9.78. The van der Waals surface area contributed by atoms with Crippen molar-refractivity contribution in [1.29, 1.82) is 0 Å². The zero-order valence-corrected chi connectivity index (χ0v) is 15.0. The normalized spacial score (nSPS) is 22.9. The van der Waals surface area contributed by atoms with Crippen LogP contribution in [0.25, 0.3) is 0 Å². The first-order valence-electron chi connectivity index (χ1n) is 8.63. The van der Waals surface area contributed by atoms with Gasteiger partial charge in [-0.25, -0.2) is 0 Å². The molecule has 0 aliphatic carbocycles. The first-order chi connectivity index (χ1) is 9.97. The fourth-order valence-electron chi connectivity index (χ4n) is 3.03. The number of rotatable bonds is 11. The molecule has 4 nitrogen and oxygen atoms in total. The van der Waals surface area contributed by atoms with Crippen molar-refractivity contribution in [2.24, 2.45) is 11.3 Å². The number of ether oxygens (including phenoxy) is 1. The Hall–Kier alpha value is -0.160. The number of nitrogens with zero attached hydrogens (tertiary/aromatic N) is 2. The largest absolute Gasteiger partial charge is 0.381 e. The second-order valence-corrected chi connectivity index (χ2v) is 7.35. The average Bonchev–Trinajstić information content (AvgIpc) is 2.85. The fraction of sp³-hybridized carbons (Fsp3) is 1.00. The Balaban J connectivity index is 2.42. The lowest BCUT2D eigenvalue weighted by Gasteiger charge is -2.34. The van der Waals surface area contributed by atoms with E-state index in [-0.39, 0.29) is 0 Å². The first-order valence-corrected chi connectivity index (χ1v) is 8.63. The van der Waals surface area contributed by atoms with Gasteiger partial charge >= 0.3 is 0 Å². The molecule has 1 saturated heterocycles. The monoisotopic (exact) mass is 299 g/mol. The van der Waals surface area contributed by atoms with Gasteiger partial charge in [0.2, 0.25) is 0 Å². The summed E-state index contributed by atoms with van der Waals surface area (Å²) in [4.78, 5) is 4.88. The van der Waals surface area contributed by atoms with Gasteiger partial charge in [-0.05, 0) is 59.0 Å². The summed E-state index contributed by atoms with van der Waals surface area (Å²) in [5.41, 5.74) is 0.322. The third-order valence-electron chi connectivity index (χ3n) is 4.32. The molecule has 1 unspecified atom stereocenters. The van der Waals surface area contributed by atoms with E-state index in [2.05, 4.69) is 50.0 Å². The van der Waals surface area contributed by atoms with Gasteiger partial charge in [-0.2, -0.15) is 0 Å². The minimum absolute atomic E-state index is 0.322. The molecule has 0 aromatic heterocycles. The Morgan fingerprint density at radius 2 is 2.00 bits per heavy atom. The van der Waals surface area contributed by atoms with E-state index in [0.717, 1.165) is 32.8 Å². The van der Waals surface area contributed by atoms with Gasteiger partial charge in [0, 0.05) is 25.1 Å². The van der Waals surface area contributed by atoms with Crippen LogP contribution < -0.4 is 5.32 Å². The van der Waals surface area contributed by atoms with Crippen molar-refractivity contribution in [2.45, 2.75) is 33.6 Å². The molecule has 1 atom stereocenters. The molecule has 0 radical (unpaired) electrons. The molecule has 1 aliphatic rings. The molecule has 1 fully saturated rings. The van der Waals surface area contributed by atoms with Gasteiger partial charge in [0.05, 0.1) is 6.61 Å². The zero-order valence-electron chi connectivity index (χ0n) is 15.0. The maximum absolute atomic E-state index is 5.73. The summed E-state index contributed by atoms with van der Waals surface area (Å²) in [6, 6.07) is 0. The molecule has 1 N–H and O–H groups in total. The van der Waals surface area contributed by atoms with Crippen LogP contribution in [0.5, 0.6) is 0 Å². The van der Waals surface area contributed by atoms with Crippen molar-refractivity contribution in [2.75, 3.05) is 66.6 Å². The predicted molar refractivity (Wildman–Crippen MR) is 90.9 cm³/mol. The van der Waals surface area contributed by atoms with Crippen LogP contribution in [-0.4, -0.2) is 76.4 Å². The molecule has 0 aromatic rings. The van der Waals surface area contributed by atoms with Crippen molar-refractivity contribution >= 4 is 0 Å². The van der Waals surface area contributed by atoms with Crippen LogP contribution in [0, 0.1) is 11.3 Å².